The van der Waals surface area contributed by atoms with Crippen LogP contribution in [0.5, 0.6) is 5.75 Å². The van der Waals surface area contributed by atoms with E-state index in [1.54, 1.807) is 55.8 Å². The van der Waals surface area contributed by atoms with E-state index in [1.165, 1.54) is 0 Å². The van der Waals surface area contributed by atoms with E-state index in [0.717, 1.165) is 0 Å². The Hall–Kier alpha value is -3.06. The summed E-state index contributed by atoms with van der Waals surface area (Å²) < 4.78 is 10.3. The number of hydrogen-bond donors (Lipinski definition) is 3. The molecule has 0 spiro atoms. The number of carbonyl (C=O) groups is 1. The number of hydrogen-bond acceptors (Lipinski definition) is 5. The normalized spacial score (nSPS) is 11.9. The minimum Gasteiger partial charge on any atom is -0.497 e. The number of aromatic amines is 1. The molecule has 1 aromatic carbocycles. The van der Waals surface area contributed by atoms with Gasteiger partial charge in [0.1, 0.15) is 11.4 Å². The van der Waals surface area contributed by atoms with Crippen molar-refractivity contribution >= 4 is 5.91 Å². The molecule has 0 aliphatic heterocycles. The molecule has 0 saturated carbocycles. The van der Waals surface area contributed by atoms with Crippen molar-refractivity contribution in [1.29, 1.82) is 0 Å². The Kier molecular flexibility index (Phi) is 4.62. The molecule has 0 fully saturated rings. The summed E-state index contributed by atoms with van der Waals surface area (Å²) in [5.74, 6) is 0.924. The first-order chi connectivity index (χ1) is 11.7. The van der Waals surface area contributed by atoms with Crippen molar-refractivity contribution in [3.8, 4) is 17.2 Å². The van der Waals surface area contributed by atoms with E-state index in [9.17, 15) is 9.90 Å². The van der Waals surface area contributed by atoms with Crippen LogP contribution in [0.15, 0.2) is 53.1 Å². The van der Waals surface area contributed by atoms with Gasteiger partial charge in [-0.15, -0.1) is 0 Å². The van der Waals surface area contributed by atoms with Crippen LogP contribution in [0.1, 0.15) is 22.2 Å². The van der Waals surface area contributed by atoms with Crippen LogP contribution in [0, 0.1) is 0 Å². The first kappa shape index (κ1) is 15.8. The predicted molar refractivity (Wildman–Crippen MR) is 86.6 cm³/mol. The van der Waals surface area contributed by atoms with Crippen molar-refractivity contribution in [1.82, 2.24) is 15.5 Å². The van der Waals surface area contributed by atoms with Gasteiger partial charge >= 0.3 is 0 Å². The Balaban J connectivity index is 1.58. The maximum absolute atomic E-state index is 12.1. The highest BCUT2D eigenvalue weighted by Gasteiger charge is 2.15. The number of H-pyrrole nitrogens is 1. The molecule has 3 aromatic rings. The fraction of sp³-hybridized carbons (Fsp3) is 0.176. The van der Waals surface area contributed by atoms with E-state index in [4.69, 9.17) is 9.15 Å². The number of benzene rings is 1. The number of ether oxygens (including phenoxy) is 1. The highest BCUT2D eigenvalue weighted by molar-refractivity contribution is 5.93. The zero-order valence-corrected chi connectivity index (χ0v) is 13.0. The number of nitrogens with zero attached hydrogens (tertiary/aromatic N) is 1. The number of amides is 1. The molecule has 2 heterocycles. The Morgan fingerprint density at radius 1 is 1.38 bits per heavy atom. The number of aliphatic hydroxyl groups excluding tert-OH is 1. The van der Waals surface area contributed by atoms with Crippen LogP contribution in [0.4, 0.5) is 0 Å². The Labute approximate surface area is 138 Å². The maximum atomic E-state index is 12.1. The molecule has 1 unspecified atom stereocenters. The van der Waals surface area contributed by atoms with Gasteiger partial charge in [-0.05, 0) is 29.8 Å². The number of carbonyl (C=O) groups excluding carboxylic acids is 1. The van der Waals surface area contributed by atoms with Crippen LogP contribution in [0.25, 0.3) is 11.5 Å². The fourth-order valence-corrected chi connectivity index (χ4v) is 2.22. The maximum Gasteiger partial charge on any atom is 0.271 e. The predicted octanol–water partition coefficient (Wildman–Crippen LogP) is 2.14. The summed E-state index contributed by atoms with van der Waals surface area (Å²) in [4.78, 5) is 12.1. The molecule has 0 saturated heterocycles. The van der Waals surface area contributed by atoms with Gasteiger partial charge in [0.05, 0.1) is 19.5 Å². The van der Waals surface area contributed by atoms with Crippen LogP contribution < -0.4 is 10.1 Å². The van der Waals surface area contributed by atoms with Crippen LogP contribution in [-0.4, -0.2) is 34.9 Å². The van der Waals surface area contributed by atoms with E-state index in [-0.39, 0.29) is 18.1 Å². The van der Waals surface area contributed by atoms with Crippen molar-refractivity contribution in [2.75, 3.05) is 13.7 Å². The van der Waals surface area contributed by atoms with Crippen LogP contribution >= 0.6 is 0 Å². The number of nitrogens with one attached hydrogen (secondary N) is 2. The Morgan fingerprint density at radius 2 is 2.17 bits per heavy atom. The second-order valence-electron chi connectivity index (χ2n) is 5.14. The van der Waals surface area contributed by atoms with Gasteiger partial charge in [-0.2, -0.15) is 5.10 Å². The monoisotopic (exact) mass is 327 g/mol. The van der Waals surface area contributed by atoms with Crippen molar-refractivity contribution in [3.05, 3.63) is 60.0 Å². The van der Waals surface area contributed by atoms with Gasteiger partial charge < -0.3 is 19.6 Å². The Bertz CT molecular complexity index is 794. The lowest BCUT2D eigenvalue weighted by Crippen LogP contribution is -2.28. The number of methoxy groups -OCH3 is 1. The smallest absolute Gasteiger partial charge is 0.271 e. The molecule has 7 heteroatoms. The van der Waals surface area contributed by atoms with Crippen LogP contribution in [0.2, 0.25) is 0 Å². The first-order valence-corrected chi connectivity index (χ1v) is 7.37. The molecule has 0 bridgehead atoms. The van der Waals surface area contributed by atoms with Crippen molar-refractivity contribution in [3.63, 3.8) is 0 Å². The molecule has 3 rings (SSSR count). The second-order valence-corrected chi connectivity index (χ2v) is 5.14. The van der Waals surface area contributed by atoms with Gasteiger partial charge in [0.2, 0.25) is 0 Å². The van der Waals surface area contributed by atoms with E-state index in [2.05, 4.69) is 15.5 Å². The van der Waals surface area contributed by atoms with Gasteiger partial charge in [-0.25, -0.2) is 0 Å². The molecule has 3 N–H and O–H groups in total. The summed E-state index contributed by atoms with van der Waals surface area (Å²) >= 11 is 0. The quantitative estimate of drug-likeness (QED) is 0.644. The molecule has 124 valence electrons. The molecule has 1 amide bonds. The Morgan fingerprint density at radius 3 is 2.83 bits per heavy atom. The van der Waals surface area contributed by atoms with E-state index in [1.807, 2.05) is 0 Å². The number of aliphatic hydroxyl groups is 1. The number of aromatic nitrogens is 2. The van der Waals surface area contributed by atoms with Gasteiger partial charge in [0.25, 0.3) is 5.91 Å². The first-order valence-electron chi connectivity index (χ1n) is 7.37. The van der Waals surface area contributed by atoms with Crippen LogP contribution in [-0.2, 0) is 0 Å². The third-order valence-electron chi connectivity index (χ3n) is 3.55. The van der Waals surface area contributed by atoms with E-state index < -0.39 is 6.10 Å². The van der Waals surface area contributed by atoms with Crippen molar-refractivity contribution in [2.45, 2.75) is 6.10 Å². The van der Waals surface area contributed by atoms with Gasteiger partial charge in [0.15, 0.2) is 11.5 Å². The SMILES string of the molecule is COc1ccc(C(O)CNC(=O)c2cc(-c3ccco3)[nH]n2)cc1. The lowest BCUT2D eigenvalue weighted by molar-refractivity contribution is 0.0911. The standard InChI is InChI=1S/C17H17N3O4/c1-23-12-6-4-11(5-7-12)15(21)10-18-17(22)14-9-13(19-20-14)16-3-2-8-24-16/h2-9,15,21H,10H2,1H3,(H,18,22)(H,19,20). The second kappa shape index (κ2) is 7.01. The van der Waals surface area contributed by atoms with Gasteiger partial charge in [0, 0.05) is 12.6 Å². The summed E-state index contributed by atoms with van der Waals surface area (Å²) in [6.45, 7) is 0.0775. The molecule has 1 atom stereocenters. The topological polar surface area (TPSA) is 100 Å². The van der Waals surface area contributed by atoms with Crippen molar-refractivity contribution < 1.29 is 19.1 Å². The summed E-state index contributed by atoms with van der Waals surface area (Å²) in [5, 5.41) is 19.5. The third-order valence-corrected chi connectivity index (χ3v) is 3.55. The minimum absolute atomic E-state index is 0.0775. The summed E-state index contributed by atoms with van der Waals surface area (Å²) in [5.41, 5.74) is 1.53. The van der Waals surface area contributed by atoms with Gasteiger partial charge in [-0.3, -0.25) is 9.89 Å². The number of rotatable bonds is 6. The highest BCUT2D eigenvalue weighted by Crippen LogP contribution is 2.19. The van der Waals surface area contributed by atoms with E-state index >= 15 is 0 Å². The molecular weight excluding hydrogens is 310 g/mol. The number of furan rings is 1. The molecule has 0 aliphatic rings. The summed E-state index contributed by atoms with van der Waals surface area (Å²) in [6, 6.07) is 12.1. The zero-order chi connectivity index (χ0) is 16.9. The average molecular weight is 327 g/mol. The fourth-order valence-electron chi connectivity index (χ4n) is 2.22. The largest absolute Gasteiger partial charge is 0.497 e. The molecule has 0 aliphatic carbocycles. The van der Waals surface area contributed by atoms with E-state index in [0.29, 0.717) is 22.8 Å². The average Bonchev–Trinajstić information content (AvgIpc) is 3.30. The lowest BCUT2D eigenvalue weighted by Gasteiger charge is -2.12. The molecular formula is C17H17N3O4. The van der Waals surface area contributed by atoms with Gasteiger partial charge in [-0.1, -0.05) is 12.1 Å². The third kappa shape index (κ3) is 3.47. The molecule has 2 aromatic heterocycles. The minimum atomic E-state index is -0.816. The van der Waals surface area contributed by atoms with Crippen LogP contribution in [0.3, 0.4) is 0 Å². The molecule has 0 radical (unpaired) electrons. The molecule has 24 heavy (non-hydrogen) atoms. The lowest BCUT2D eigenvalue weighted by atomic mass is 10.1. The summed E-state index contributed by atoms with van der Waals surface area (Å²) in [7, 11) is 1.58. The molecule has 7 nitrogen and oxygen atoms in total. The highest BCUT2D eigenvalue weighted by atomic mass is 16.5. The summed E-state index contributed by atoms with van der Waals surface area (Å²) in [6.07, 6.45) is 0.726. The zero-order valence-electron chi connectivity index (χ0n) is 13.0. The van der Waals surface area contributed by atoms with Crippen molar-refractivity contribution in [2.24, 2.45) is 0 Å².